The van der Waals surface area contributed by atoms with E-state index in [-0.39, 0.29) is 24.2 Å². The van der Waals surface area contributed by atoms with Crippen LogP contribution >= 0.6 is 0 Å². The van der Waals surface area contributed by atoms with E-state index >= 15 is 0 Å². The number of nitrogens with zero attached hydrogens (tertiary/aromatic N) is 3. The van der Waals surface area contributed by atoms with Gasteiger partial charge >= 0.3 is 0 Å². The number of nitriles is 1. The lowest BCUT2D eigenvalue weighted by atomic mass is 9.96. The van der Waals surface area contributed by atoms with Crippen LogP contribution in [-0.4, -0.2) is 15.7 Å². The number of hydrogen-bond donors (Lipinski definition) is 1. The highest BCUT2D eigenvalue weighted by Crippen LogP contribution is 2.20. The molecule has 1 aromatic heterocycles. The number of amides is 1. The average Bonchev–Trinajstić information content (AvgIpc) is 2.84. The minimum atomic E-state index is -0.358. The van der Waals surface area contributed by atoms with Crippen molar-refractivity contribution in [3.8, 4) is 6.07 Å². The van der Waals surface area contributed by atoms with Crippen LogP contribution in [0.25, 0.3) is 0 Å². The van der Waals surface area contributed by atoms with Crippen molar-refractivity contribution in [1.29, 1.82) is 5.26 Å². The molecule has 6 heteroatoms. The zero-order chi connectivity index (χ0) is 16.3. The smallest absolute Gasteiger partial charge is 0.251 e. The van der Waals surface area contributed by atoms with E-state index in [1.807, 2.05) is 19.9 Å². The van der Waals surface area contributed by atoms with Crippen molar-refractivity contribution < 1.29 is 9.18 Å². The second-order valence-electron chi connectivity index (χ2n) is 5.33. The van der Waals surface area contributed by atoms with Gasteiger partial charge in [-0.2, -0.15) is 10.4 Å². The molecule has 1 aromatic carbocycles. The number of aromatic nitrogens is 2. The van der Waals surface area contributed by atoms with Crippen LogP contribution in [0.4, 0.5) is 4.39 Å². The Labute approximate surface area is 128 Å². The molecule has 5 nitrogen and oxygen atoms in total. The molecule has 0 aliphatic rings. The molecule has 0 spiro atoms. The Hall–Kier alpha value is -2.68. The number of halogens is 1. The zero-order valence-corrected chi connectivity index (χ0v) is 12.7. The van der Waals surface area contributed by atoms with Gasteiger partial charge in [0.05, 0.1) is 12.2 Å². The van der Waals surface area contributed by atoms with E-state index in [0.29, 0.717) is 22.5 Å². The van der Waals surface area contributed by atoms with Crippen molar-refractivity contribution in [2.75, 3.05) is 0 Å². The fourth-order valence-electron chi connectivity index (χ4n) is 2.20. The van der Waals surface area contributed by atoms with E-state index in [1.54, 1.807) is 13.1 Å². The highest BCUT2D eigenvalue weighted by atomic mass is 19.1. The quantitative estimate of drug-likeness (QED) is 0.943. The third-order valence-electron chi connectivity index (χ3n) is 3.36. The molecule has 0 atom stereocenters. The van der Waals surface area contributed by atoms with Gasteiger partial charge in [-0.05, 0) is 35.7 Å². The highest BCUT2D eigenvalue weighted by molar-refractivity contribution is 5.95. The first kappa shape index (κ1) is 15.7. The van der Waals surface area contributed by atoms with E-state index in [0.717, 1.165) is 0 Å². The van der Waals surface area contributed by atoms with Gasteiger partial charge in [-0.1, -0.05) is 13.8 Å². The number of aryl methyl sites for hydroxylation is 1. The van der Waals surface area contributed by atoms with Crippen molar-refractivity contribution in [3.63, 3.8) is 0 Å². The Bertz CT molecular complexity index is 743. The molecule has 0 bridgehead atoms. The van der Waals surface area contributed by atoms with Gasteiger partial charge in [0.25, 0.3) is 5.91 Å². The lowest BCUT2D eigenvalue weighted by Crippen LogP contribution is -2.24. The standard InChI is InChI=1S/C16H17FN4O/c1-10(2)15-6-11(17)4-5-14(15)16(22)19-9-12-7-13(8-18)21(3)20-12/h4-7,10H,9H2,1-3H3,(H,19,22). The summed E-state index contributed by atoms with van der Waals surface area (Å²) in [5.41, 5.74) is 2.14. The Balaban J connectivity index is 2.14. The van der Waals surface area contributed by atoms with E-state index in [9.17, 15) is 9.18 Å². The molecular weight excluding hydrogens is 283 g/mol. The van der Waals surface area contributed by atoms with Crippen molar-refractivity contribution in [1.82, 2.24) is 15.1 Å². The number of carbonyl (C=O) groups is 1. The molecule has 114 valence electrons. The van der Waals surface area contributed by atoms with Crippen molar-refractivity contribution in [2.24, 2.45) is 7.05 Å². The van der Waals surface area contributed by atoms with Gasteiger partial charge in [-0.3, -0.25) is 9.48 Å². The van der Waals surface area contributed by atoms with Crippen molar-refractivity contribution >= 4 is 5.91 Å². The van der Waals surface area contributed by atoms with Crippen LogP contribution in [0.3, 0.4) is 0 Å². The molecular formula is C16H17FN4O. The Morgan fingerprint density at radius 2 is 2.18 bits per heavy atom. The molecule has 0 saturated heterocycles. The molecule has 0 saturated carbocycles. The molecule has 0 fully saturated rings. The monoisotopic (exact) mass is 300 g/mol. The number of carbonyl (C=O) groups excluding carboxylic acids is 1. The van der Waals surface area contributed by atoms with Crippen LogP contribution in [0.2, 0.25) is 0 Å². The summed E-state index contributed by atoms with van der Waals surface area (Å²) in [7, 11) is 1.67. The van der Waals surface area contributed by atoms with Gasteiger partial charge in [0.1, 0.15) is 17.6 Å². The minimum Gasteiger partial charge on any atom is -0.346 e. The minimum absolute atomic E-state index is 0.0384. The molecule has 0 radical (unpaired) electrons. The summed E-state index contributed by atoms with van der Waals surface area (Å²) >= 11 is 0. The molecule has 2 aromatic rings. The third-order valence-corrected chi connectivity index (χ3v) is 3.36. The van der Waals surface area contributed by atoms with Gasteiger partial charge in [-0.25, -0.2) is 4.39 Å². The molecule has 1 N–H and O–H groups in total. The van der Waals surface area contributed by atoms with E-state index in [2.05, 4.69) is 10.4 Å². The van der Waals surface area contributed by atoms with Gasteiger partial charge in [0.15, 0.2) is 0 Å². The first-order valence-electron chi connectivity index (χ1n) is 6.93. The molecule has 0 unspecified atom stereocenters. The third kappa shape index (κ3) is 3.31. The second-order valence-corrected chi connectivity index (χ2v) is 5.33. The summed E-state index contributed by atoms with van der Waals surface area (Å²) in [6.07, 6.45) is 0. The fourth-order valence-corrected chi connectivity index (χ4v) is 2.20. The lowest BCUT2D eigenvalue weighted by molar-refractivity contribution is 0.0949. The van der Waals surface area contributed by atoms with Crippen molar-refractivity contribution in [2.45, 2.75) is 26.3 Å². The summed E-state index contributed by atoms with van der Waals surface area (Å²) in [6, 6.07) is 7.77. The maximum absolute atomic E-state index is 13.3. The summed E-state index contributed by atoms with van der Waals surface area (Å²) in [5.74, 6) is -0.604. The Morgan fingerprint density at radius 1 is 1.45 bits per heavy atom. The number of hydrogen-bond acceptors (Lipinski definition) is 3. The Morgan fingerprint density at radius 3 is 2.77 bits per heavy atom. The predicted molar refractivity (Wildman–Crippen MR) is 79.6 cm³/mol. The predicted octanol–water partition coefficient (Wildman–Crippen LogP) is 2.48. The fraction of sp³-hybridized carbons (Fsp3) is 0.312. The van der Waals surface area contributed by atoms with Crippen LogP contribution in [0.5, 0.6) is 0 Å². The van der Waals surface area contributed by atoms with E-state index < -0.39 is 0 Å². The van der Waals surface area contributed by atoms with Gasteiger partial charge in [-0.15, -0.1) is 0 Å². The highest BCUT2D eigenvalue weighted by Gasteiger charge is 2.15. The molecule has 2 rings (SSSR count). The topological polar surface area (TPSA) is 70.7 Å². The first-order chi connectivity index (χ1) is 10.4. The second kappa shape index (κ2) is 6.39. The van der Waals surface area contributed by atoms with E-state index in [1.165, 1.54) is 22.9 Å². The van der Waals surface area contributed by atoms with Crippen LogP contribution in [0, 0.1) is 17.1 Å². The van der Waals surface area contributed by atoms with Crippen LogP contribution in [0.15, 0.2) is 24.3 Å². The summed E-state index contributed by atoms with van der Waals surface area (Å²) < 4.78 is 14.8. The number of nitrogens with one attached hydrogen (secondary N) is 1. The normalized spacial score (nSPS) is 10.5. The number of benzene rings is 1. The van der Waals surface area contributed by atoms with Crippen LogP contribution < -0.4 is 5.32 Å². The largest absolute Gasteiger partial charge is 0.346 e. The van der Waals surface area contributed by atoms with Crippen LogP contribution in [-0.2, 0) is 13.6 Å². The lowest BCUT2D eigenvalue weighted by Gasteiger charge is -2.12. The maximum Gasteiger partial charge on any atom is 0.251 e. The van der Waals surface area contributed by atoms with Crippen LogP contribution in [0.1, 0.15) is 47.1 Å². The Kier molecular flexibility index (Phi) is 4.56. The maximum atomic E-state index is 13.3. The molecule has 0 aliphatic heterocycles. The molecule has 1 amide bonds. The molecule has 0 aliphatic carbocycles. The summed E-state index contributed by atoms with van der Waals surface area (Å²) in [5, 5.41) is 15.8. The van der Waals surface area contributed by atoms with Gasteiger partial charge in [0, 0.05) is 12.6 Å². The number of rotatable bonds is 4. The van der Waals surface area contributed by atoms with Gasteiger partial charge < -0.3 is 5.32 Å². The summed E-state index contributed by atoms with van der Waals surface area (Å²) in [4.78, 5) is 12.3. The van der Waals surface area contributed by atoms with Gasteiger partial charge in [0.2, 0.25) is 0 Å². The summed E-state index contributed by atoms with van der Waals surface area (Å²) in [6.45, 7) is 4.02. The molecule has 1 heterocycles. The zero-order valence-electron chi connectivity index (χ0n) is 12.7. The van der Waals surface area contributed by atoms with Crippen molar-refractivity contribution in [3.05, 3.63) is 52.6 Å². The SMILES string of the molecule is CC(C)c1cc(F)ccc1C(=O)NCc1cc(C#N)n(C)n1. The molecule has 22 heavy (non-hydrogen) atoms. The van der Waals surface area contributed by atoms with E-state index in [4.69, 9.17) is 5.26 Å². The first-order valence-corrected chi connectivity index (χ1v) is 6.93. The average molecular weight is 300 g/mol.